The topological polar surface area (TPSA) is 88.2 Å². The first kappa shape index (κ1) is 19.7. The predicted molar refractivity (Wildman–Crippen MR) is 114 cm³/mol. The summed E-state index contributed by atoms with van der Waals surface area (Å²) in [5.41, 5.74) is 9.28. The highest BCUT2D eigenvalue weighted by Crippen LogP contribution is 2.34. The van der Waals surface area contributed by atoms with Gasteiger partial charge in [-0.1, -0.05) is 0 Å². The monoisotopic (exact) mass is 406 g/mol. The van der Waals surface area contributed by atoms with Crippen LogP contribution in [0.15, 0.2) is 53.1 Å². The van der Waals surface area contributed by atoms with Crippen LogP contribution in [0.25, 0.3) is 22.2 Å². The number of halogens is 1. The molecule has 0 saturated carbocycles. The molecule has 0 aliphatic carbocycles. The van der Waals surface area contributed by atoms with Crippen molar-refractivity contribution in [3.8, 4) is 11.3 Å². The number of anilines is 1. The number of aryl methyl sites for hydroxylation is 1. The number of carbonyl (C=O) groups is 1. The van der Waals surface area contributed by atoms with Gasteiger partial charge in [0.2, 0.25) is 0 Å². The average molecular weight is 406 g/mol. The van der Waals surface area contributed by atoms with Gasteiger partial charge in [-0.25, -0.2) is 4.39 Å². The van der Waals surface area contributed by atoms with Crippen molar-refractivity contribution >= 4 is 22.5 Å². The molecule has 0 aliphatic rings. The Labute approximate surface area is 173 Å². The first-order valence-electron chi connectivity index (χ1n) is 9.73. The number of benzene rings is 1. The normalized spacial score (nSPS) is 11.4. The number of pyridine rings is 1. The molecule has 4 rings (SSSR count). The van der Waals surface area contributed by atoms with E-state index >= 15 is 0 Å². The third-order valence-corrected chi connectivity index (χ3v) is 5.15. The number of hydrogen-bond acceptors (Lipinski definition) is 4. The van der Waals surface area contributed by atoms with Crippen LogP contribution in [0.5, 0.6) is 0 Å². The molecule has 0 atom stereocenters. The molecule has 0 saturated heterocycles. The van der Waals surface area contributed by atoms with E-state index in [9.17, 15) is 9.18 Å². The van der Waals surface area contributed by atoms with E-state index in [0.29, 0.717) is 46.2 Å². The van der Waals surface area contributed by atoms with E-state index < -0.39 is 0 Å². The van der Waals surface area contributed by atoms with Crippen molar-refractivity contribution in [2.75, 3.05) is 5.73 Å². The van der Waals surface area contributed by atoms with E-state index in [1.807, 2.05) is 26.8 Å². The summed E-state index contributed by atoms with van der Waals surface area (Å²) in [6.45, 7) is 6.01. The maximum absolute atomic E-state index is 13.9. The molecule has 0 aliphatic heterocycles. The van der Waals surface area contributed by atoms with Crippen molar-refractivity contribution in [3.05, 3.63) is 71.7 Å². The highest BCUT2D eigenvalue weighted by Gasteiger charge is 2.27. The summed E-state index contributed by atoms with van der Waals surface area (Å²) in [7, 11) is 0. The Morgan fingerprint density at radius 3 is 2.73 bits per heavy atom. The number of H-pyrrole nitrogens is 1. The van der Waals surface area contributed by atoms with Gasteiger partial charge in [0, 0.05) is 22.5 Å². The van der Waals surface area contributed by atoms with Crippen molar-refractivity contribution in [3.63, 3.8) is 0 Å². The maximum Gasteiger partial charge on any atom is 0.271 e. The van der Waals surface area contributed by atoms with Crippen LogP contribution in [0.1, 0.15) is 35.8 Å². The molecule has 4 aromatic rings. The lowest BCUT2D eigenvalue weighted by Crippen LogP contribution is -2.36. The number of nitrogens with two attached hydrogens (primary N) is 1. The highest BCUT2D eigenvalue weighted by atomic mass is 19.1. The summed E-state index contributed by atoms with van der Waals surface area (Å²) in [4.78, 5) is 23.0. The first-order chi connectivity index (χ1) is 14.3. The fourth-order valence-electron chi connectivity index (χ4n) is 3.51. The number of nitrogens with one attached hydrogen (secondary N) is 1. The van der Waals surface area contributed by atoms with E-state index in [2.05, 4.69) is 9.97 Å². The number of hydrogen-bond donors (Lipinski definition) is 2. The van der Waals surface area contributed by atoms with Crippen molar-refractivity contribution in [1.29, 1.82) is 0 Å². The first-order valence-corrected chi connectivity index (χ1v) is 9.73. The molecule has 0 fully saturated rings. The molecule has 3 N–H and O–H groups in total. The fraction of sp³-hybridized carbons (Fsp3) is 0.217. The standard InChI is InChI=1S/C23H23FN4O2/c1-13(2)28(12-16-5-4-10-30-16)23(29)22-21(19-9-8-18(25)14(3)26-19)17-7-6-15(24)11-20(17)27-22/h4-11,13,27H,12,25H2,1-3H3. The maximum atomic E-state index is 13.9. The van der Waals surface area contributed by atoms with Gasteiger partial charge in [0.15, 0.2) is 0 Å². The van der Waals surface area contributed by atoms with Crippen molar-refractivity contribution in [2.45, 2.75) is 33.4 Å². The number of amides is 1. The minimum absolute atomic E-state index is 0.0836. The third kappa shape index (κ3) is 3.54. The van der Waals surface area contributed by atoms with Crippen molar-refractivity contribution < 1.29 is 13.6 Å². The molecule has 0 unspecified atom stereocenters. The molecule has 3 heterocycles. The number of fused-ring (bicyclic) bond motifs is 1. The zero-order valence-electron chi connectivity index (χ0n) is 17.1. The number of carbonyl (C=O) groups excluding carboxylic acids is 1. The fourth-order valence-corrected chi connectivity index (χ4v) is 3.51. The Morgan fingerprint density at radius 1 is 1.27 bits per heavy atom. The van der Waals surface area contributed by atoms with E-state index in [1.54, 1.807) is 35.4 Å². The van der Waals surface area contributed by atoms with Crippen LogP contribution in [0.2, 0.25) is 0 Å². The van der Waals surface area contributed by atoms with Crippen molar-refractivity contribution in [1.82, 2.24) is 14.9 Å². The van der Waals surface area contributed by atoms with E-state index in [4.69, 9.17) is 10.2 Å². The molecule has 6 nitrogen and oxygen atoms in total. The molecule has 154 valence electrons. The van der Waals surface area contributed by atoms with Crippen LogP contribution in [-0.4, -0.2) is 26.8 Å². The predicted octanol–water partition coefficient (Wildman–Crippen LogP) is 4.90. The summed E-state index contributed by atoms with van der Waals surface area (Å²) in [6, 6.07) is 11.5. The Kier molecular flexibility index (Phi) is 5.03. The number of rotatable bonds is 5. The molecule has 0 spiro atoms. The van der Waals surface area contributed by atoms with Crippen LogP contribution in [0.4, 0.5) is 10.1 Å². The van der Waals surface area contributed by atoms with Gasteiger partial charge in [-0.3, -0.25) is 9.78 Å². The molecule has 3 aromatic heterocycles. The molecule has 1 aromatic carbocycles. The van der Waals surface area contributed by atoms with Crippen molar-refractivity contribution in [2.24, 2.45) is 0 Å². The van der Waals surface area contributed by atoms with E-state index in [0.717, 1.165) is 5.39 Å². The van der Waals surface area contributed by atoms with Gasteiger partial charge >= 0.3 is 0 Å². The lowest BCUT2D eigenvalue weighted by molar-refractivity contribution is 0.0671. The average Bonchev–Trinajstić information content (AvgIpc) is 3.34. The minimum atomic E-state index is -0.382. The molecular weight excluding hydrogens is 383 g/mol. The molecule has 0 radical (unpaired) electrons. The SMILES string of the molecule is Cc1nc(-c2c(C(=O)N(Cc3ccco3)C(C)C)[nH]c3cc(F)ccc23)ccc1N. The molecule has 1 amide bonds. The number of aromatic nitrogens is 2. The lowest BCUT2D eigenvalue weighted by atomic mass is 10.0. The number of nitrogens with zero attached hydrogens (tertiary/aromatic N) is 2. The Hall–Kier alpha value is -3.61. The summed E-state index contributed by atoms with van der Waals surface area (Å²) in [6.07, 6.45) is 1.58. The van der Waals surface area contributed by atoms with Gasteiger partial charge in [-0.2, -0.15) is 0 Å². The third-order valence-electron chi connectivity index (χ3n) is 5.15. The molecular formula is C23H23FN4O2. The number of furan rings is 1. The Balaban J connectivity index is 1.88. The zero-order chi connectivity index (χ0) is 21.4. The van der Waals surface area contributed by atoms with Gasteiger partial charge in [0.05, 0.1) is 29.9 Å². The molecule has 0 bridgehead atoms. The lowest BCUT2D eigenvalue weighted by Gasteiger charge is -2.26. The quantitative estimate of drug-likeness (QED) is 0.493. The highest BCUT2D eigenvalue weighted by molar-refractivity contribution is 6.09. The Bertz CT molecular complexity index is 1210. The van der Waals surface area contributed by atoms with Gasteiger partial charge in [0.25, 0.3) is 5.91 Å². The summed E-state index contributed by atoms with van der Waals surface area (Å²) in [5.74, 6) is 0.0820. The minimum Gasteiger partial charge on any atom is -0.467 e. The van der Waals surface area contributed by atoms with Crippen LogP contribution in [-0.2, 0) is 6.54 Å². The van der Waals surface area contributed by atoms with E-state index in [-0.39, 0.29) is 17.8 Å². The second kappa shape index (κ2) is 7.67. The van der Waals surface area contributed by atoms with Gasteiger partial charge < -0.3 is 20.0 Å². The smallest absolute Gasteiger partial charge is 0.271 e. The van der Waals surface area contributed by atoms with Gasteiger partial charge in [-0.05, 0) is 63.2 Å². The number of nitrogen functional groups attached to an aromatic ring is 1. The molecule has 7 heteroatoms. The van der Waals surface area contributed by atoms with E-state index in [1.165, 1.54) is 12.1 Å². The largest absolute Gasteiger partial charge is 0.467 e. The summed E-state index contributed by atoms with van der Waals surface area (Å²) < 4.78 is 19.3. The van der Waals surface area contributed by atoms with Crippen LogP contribution < -0.4 is 5.73 Å². The van der Waals surface area contributed by atoms with Crippen LogP contribution >= 0.6 is 0 Å². The second-order valence-corrected chi connectivity index (χ2v) is 7.54. The van der Waals surface area contributed by atoms with Crippen LogP contribution in [0, 0.1) is 12.7 Å². The van der Waals surface area contributed by atoms with Gasteiger partial charge in [0.1, 0.15) is 17.3 Å². The van der Waals surface area contributed by atoms with Gasteiger partial charge in [-0.15, -0.1) is 0 Å². The summed E-state index contributed by atoms with van der Waals surface area (Å²) in [5, 5.41) is 0.720. The Morgan fingerprint density at radius 2 is 2.07 bits per heavy atom. The zero-order valence-corrected chi connectivity index (χ0v) is 17.1. The molecule has 30 heavy (non-hydrogen) atoms. The second-order valence-electron chi connectivity index (χ2n) is 7.54. The van der Waals surface area contributed by atoms with Crippen LogP contribution in [0.3, 0.4) is 0 Å². The summed E-state index contributed by atoms with van der Waals surface area (Å²) >= 11 is 0. The number of aromatic amines is 1.